The van der Waals surface area contributed by atoms with Crippen LogP contribution < -0.4 is 15.4 Å². The lowest BCUT2D eigenvalue weighted by molar-refractivity contribution is -0.120. The molecule has 0 bridgehead atoms. The second kappa shape index (κ2) is 8.11. The lowest BCUT2D eigenvalue weighted by Crippen LogP contribution is -2.28. The van der Waals surface area contributed by atoms with Crippen molar-refractivity contribution in [3.8, 4) is 5.75 Å². The van der Waals surface area contributed by atoms with Crippen molar-refractivity contribution in [2.45, 2.75) is 12.8 Å². The van der Waals surface area contributed by atoms with Gasteiger partial charge in [0.15, 0.2) is 0 Å². The molecular weight excluding hydrogens is 296 g/mol. The van der Waals surface area contributed by atoms with Crippen LogP contribution in [0.4, 0.5) is 0 Å². The Bertz CT molecular complexity index is 397. The quantitative estimate of drug-likeness (QED) is 0.806. The summed E-state index contributed by atoms with van der Waals surface area (Å²) in [6, 6.07) is 5.93. The van der Waals surface area contributed by atoms with Crippen LogP contribution in [0.5, 0.6) is 5.75 Å². The molecule has 0 radical (unpaired) electrons. The maximum atomic E-state index is 11.4. The highest BCUT2D eigenvalue weighted by molar-refractivity contribution is 9.10. The molecule has 1 aromatic carbocycles. The molecule has 0 saturated heterocycles. The minimum Gasteiger partial charge on any atom is -0.496 e. The van der Waals surface area contributed by atoms with Crippen molar-refractivity contribution < 1.29 is 9.53 Å². The summed E-state index contributed by atoms with van der Waals surface area (Å²) in [6.07, 6.45) is 1.33. The minimum atomic E-state index is 0.0805. The fourth-order valence-electron chi connectivity index (χ4n) is 1.54. The number of methoxy groups -OCH3 is 1. The second-order valence-electron chi connectivity index (χ2n) is 3.92. The third-order valence-electron chi connectivity index (χ3n) is 2.55. The van der Waals surface area contributed by atoms with Gasteiger partial charge in [-0.05, 0) is 47.1 Å². The smallest absolute Gasteiger partial charge is 0.221 e. The van der Waals surface area contributed by atoms with E-state index in [1.165, 1.54) is 0 Å². The van der Waals surface area contributed by atoms with Crippen molar-refractivity contribution >= 4 is 21.8 Å². The summed E-state index contributed by atoms with van der Waals surface area (Å²) in [5, 5.41) is 5.83. The molecule has 4 nitrogen and oxygen atoms in total. The highest BCUT2D eigenvalue weighted by Crippen LogP contribution is 2.25. The van der Waals surface area contributed by atoms with Crippen LogP contribution in [0.3, 0.4) is 0 Å². The standard InChI is InChI=1S/C13H19BrN2O2/c1-15-7-6-13(17)16-8-5-10-3-4-12(18-2)11(14)9-10/h3-4,9,15H,5-8H2,1-2H3,(H,16,17). The summed E-state index contributed by atoms with van der Waals surface area (Å²) in [4.78, 5) is 11.4. The van der Waals surface area contributed by atoms with Crippen molar-refractivity contribution in [1.82, 2.24) is 10.6 Å². The van der Waals surface area contributed by atoms with E-state index in [9.17, 15) is 4.79 Å². The number of rotatable bonds is 7. The van der Waals surface area contributed by atoms with Crippen molar-refractivity contribution in [2.24, 2.45) is 0 Å². The van der Waals surface area contributed by atoms with E-state index in [2.05, 4.69) is 26.6 Å². The normalized spacial score (nSPS) is 10.2. The Balaban J connectivity index is 2.35. The van der Waals surface area contributed by atoms with Gasteiger partial charge in [0, 0.05) is 19.5 Å². The van der Waals surface area contributed by atoms with Gasteiger partial charge < -0.3 is 15.4 Å². The van der Waals surface area contributed by atoms with Gasteiger partial charge in [0.1, 0.15) is 5.75 Å². The third kappa shape index (κ3) is 5.06. The molecule has 0 aliphatic rings. The highest BCUT2D eigenvalue weighted by atomic mass is 79.9. The van der Waals surface area contributed by atoms with E-state index in [1.807, 2.05) is 25.2 Å². The molecule has 0 aromatic heterocycles. The number of benzene rings is 1. The van der Waals surface area contributed by atoms with E-state index in [0.717, 1.165) is 22.2 Å². The maximum Gasteiger partial charge on any atom is 0.221 e. The molecule has 0 heterocycles. The summed E-state index contributed by atoms with van der Waals surface area (Å²) < 4.78 is 6.10. The van der Waals surface area contributed by atoms with Gasteiger partial charge in [-0.15, -0.1) is 0 Å². The average molecular weight is 315 g/mol. The van der Waals surface area contributed by atoms with E-state index in [1.54, 1.807) is 7.11 Å². The van der Waals surface area contributed by atoms with E-state index >= 15 is 0 Å². The van der Waals surface area contributed by atoms with Crippen LogP contribution in [0.25, 0.3) is 0 Å². The maximum absolute atomic E-state index is 11.4. The lowest BCUT2D eigenvalue weighted by atomic mass is 10.1. The molecule has 100 valence electrons. The summed E-state index contributed by atoms with van der Waals surface area (Å²) in [6.45, 7) is 1.36. The van der Waals surface area contributed by atoms with Crippen LogP contribution in [0.15, 0.2) is 22.7 Å². The first-order chi connectivity index (χ1) is 8.67. The molecule has 1 aromatic rings. The van der Waals surface area contributed by atoms with Gasteiger partial charge in [-0.3, -0.25) is 4.79 Å². The molecule has 0 spiro atoms. The topological polar surface area (TPSA) is 50.4 Å². The van der Waals surface area contributed by atoms with Gasteiger partial charge >= 0.3 is 0 Å². The molecule has 0 unspecified atom stereocenters. The molecule has 18 heavy (non-hydrogen) atoms. The van der Waals surface area contributed by atoms with Gasteiger partial charge in [-0.2, -0.15) is 0 Å². The van der Waals surface area contributed by atoms with Crippen LogP contribution in [0.2, 0.25) is 0 Å². The summed E-state index contributed by atoms with van der Waals surface area (Å²) in [5.41, 5.74) is 1.16. The molecule has 0 aliphatic carbocycles. The first-order valence-electron chi connectivity index (χ1n) is 5.91. The third-order valence-corrected chi connectivity index (χ3v) is 3.17. The average Bonchev–Trinajstić information content (AvgIpc) is 2.36. The molecular formula is C13H19BrN2O2. The zero-order chi connectivity index (χ0) is 13.4. The van der Waals surface area contributed by atoms with Crippen LogP contribution in [0, 0.1) is 0 Å². The van der Waals surface area contributed by atoms with E-state index in [4.69, 9.17) is 4.74 Å². The molecule has 0 aliphatic heterocycles. The molecule has 1 amide bonds. The van der Waals surface area contributed by atoms with Gasteiger partial charge in [0.2, 0.25) is 5.91 Å². The Morgan fingerprint density at radius 2 is 2.17 bits per heavy atom. The van der Waals surface area contributed by atoms with Gasteiger partial charge in [-0.25, -0.2) is 0 Å². The lowest BCUT2D eigenvalue weighted by Gasteiger charge is -2.07. The second-order valence-corrected chi connectivity index (χ2v) is 4.78. The van der Waals surface area contributed by atoms with Crippen molar-refractivity contribution in [2.75, 3.05) is 27.2 Å². The molecule has 0 fully saturated rings. The first-order valence-corrected chi connectivity index (χ1v) is 6.70. The fourth-order valence-corrected chi connectivity index (χ4v) is 2.13. The Morgan fingerprint density at radius 1 is 1.39 bits per heavy atom. The first kappa shape index (κ1) is 15.0. The number of hydrogen-bond acceptors (Lipinski definition) is 3. The van der Waals surface area contributed by atoms with E-state index in [0.29, 0.717) is 19.5 Å². The van der Waals surface area contributed by atoms with Crippen LogP contribution in [0.1, 0.15) is 12.0 Å². The van der Waals surface area contributed by atoms with Crippen molar-refractivity contribution in [3.05, 3.63) is 28.2 Å². The van der Waals surface area contributed by atoms with E-state index in [-0.39, 0.29) is 5.91 Å². The van der Waals surface area contributed by atoms with Crippen molar-refractivity contribution in [3.63, 3.8) is 0 Å². The fraction of sp³-hybridized carbons (Fsp3) is 0.462. The molecule has 1 rings (SSSR count). The number of amides is 1. The number of nitrogens with one attached hydrogen (secondary N) is 2. The molecule has 0 atom stereocenters. The van der Waals surface area contributed by atoms with Gasteiger partial charge in [-0.1, -0.05) is 6.07 Å². The van der Waals surface area contributed by atoms with E-state index < -0.39 is 0 Å². The zero-order valence-electron chi connectivity index (χ0n) is 10.8. The number of carbonyl (C=O) groups excluding carboxylic acids is 1. The van der Waals surface area contributed by atoms with Crippen LogP contribution in [-0.4, -0.2) is 33.2 Å². The Morgan fingerprint density at radius 3 is 2.78 bits per heavy atom. The van der Waals surface area contributed by atoms with Crippen molar-refractivity contribution in [1.29, 1.82) is 0 Å². The minimum absolute atomic E-state index is 0.0805. The molecule has 0 saturated carbocycles. The SMILES string of the molecule is CNCCC(=O)NCCc1ccc(OC)c(Br)c1. The predicted molar refractivity (Wildman–Crippen MR) is 76.0 cm³/mol. The Hall–Kier alpha value is -1.07. The Labute approximate surface area is 116 Å². The molecule has 5 heteroatoms. The number of halogens is 1. The number of carbonyl (C=O) groups is 1. The summed E-state index contributed by atoms with van der Waals surface area (Å²) >= 11 is 3.44. The zero-order valence-corrected chi connectivity index (χ0v) is 12.3. The largest absolute Gasteiger partial charge is 0.496 e. The van der Waals surface area contributed by atoms with Gasteiger partial charge in [0.05, 0.1) is 11.6 Å². The summed E-state index contributed by atoms with van der Waals surface area (Å²) in [5.74, 6) is 0.897. The number of hydrogen-bond donors (Lipinski definition) is 2. The van der Waals surface area contributed by atoms with Crippen LogP contribution >= 0.6 is 15.9 Å². The summed E-state index contributed by atoms with van der Waals surface area (Å²) in [7, 11) is 3.48. The highest BCUT2D eigenvalue weighted by Gasteiger charge is 2.03. The predicted octanol–water partition coefficient (Wildman–Crippen LogP) is 1.73. The van der Waals surface area contributed by atoms with Gasteiger partial charge in [0.25, 0.3) is 0 Å². The molecule has 2 N–H and O–H groups in total. The number of ether oxygens (including phenoxy) is 1. The Kier molecular flexibility index (Phi) is 6.75. The van der Waals surface area contributed by atoms with Crippen LogP contribution in [-0.2, 0) is 11.2 Å². The monoisotopic (exact) mass is 314 g/mol.